The molecule has 0 spiro atoms. The van der Waals surface area contributed by atoms with Gasteiger partial charge in [0.05, 0.1) is 0 Å². The van der Waals surface area contributed by atoms with E-state index in [1.807, 2.05) is 6.92 Å². The molecule has 2 rings (SSSR count). The number of rotatable bonds is 1. The first-order chi connectivity index (χ1) is 7.50. The molecule has 88 valence electrons. The summed E-state index contributed by atoms with van der Waals surface area (Å²) in [6, 6.07) is 0. The average molecular weight is 218 g/mol. The van der Waals surface area contributed by atoms with Gasteiger partial charge in [0.1, 0.15) is 0 Å². The summed E-state index contributed by atoms with van der Waals surface area (Å²) in [6.07, 6.45) is 4.60. The Morgan fingerprint density at radius 1 is 1.38 bits per heavy atom. The van der Waals surface area contributed by atoms with E-state index in [0.717, 1.165) is 18.4 Å². The van der Waals surface area contributed by atoms with Crippen molar-refractivity contribution in [1.29, 1.82) is 0 Å². The van der Waals surface area contributed by atoms with Crippen LogP contribution < -0.4 is 0 Å². The van der Waals surface area contributed by atoms with Crippen molar-refractivity contribution in [2.24, 2.45) is 17.8 Å². The molecule has 1 nitrogen and oxygen atoms in total. The fraction of sp³-hybridized carbons (Fsp3) is 0.667. The molecular weight excluding hydrogens is 196 g/mol. The zero-order valence-corrected chi connectivity index (χ0v) is 10.7. The SMILES string of the molecule is C=C(C)C1CCC2=C(C)C(=O)C(C)CC2C1. The van der Waals surface area contributed by atoms with E-state index in [-0.39, 0.29) is 5.92 Å². The summed E-state index contributed by atoms with van der Waals surface area (Å²) in [4.78, 5) is 11.9. The number of allylic oxidation sites excluding steroid dienone is 3. The number of fused-ring (bicyclic) bond motifs is 1. The van der Waals surface area contributed by atoms with E-state index >= 15 is 0 Å². The van der Waals surface area contributed by atoms with Crippen LogP contribution in [0, 0.1) is 17.8 Å². The number of hydrogen-bond acceptors (Lipinski definition) is 1. The van der Waals surface area contributed by atoms with Crippen LogP contribution in [0.1, 0.15) is 46.5 Å². The molecule has 0 aromatic carbocycles. The van der Waals surface area contributed by atoms with Crippen LogP contribution in [0.5, 0.6) is 0 Å². The highest BCUT2D eigenvalue weighted by molar-refractivity contribution is 5.98. The molecule has 1 saturated carbocycles. The lowest BCUT2D eigenvalue weighted by atomic mass is 9.67. The van der Waals surface area contributed by atoms with Crippen molar-refractivity contribution in [1.82, 2.24) is 0 Å². The minimum Gasteiger partial charge on any atom is -0.294 e. The molecule has 16 heavy (non-hydrogen) atoms. The molecule has 0 amide bonds. The van der Waals surface area contributed by atoms with Gasteiger partial charge in [-0.3, -0.25) is 4.79 Å². The second-order valence-corrected chi connectivity index (χ2v) is 5.67. The molecule has 0 aromatic heterocycles. The Morgan fingerprint density at radius 3 is 2.69 bits per heavy atom. The van der Waals surface area contributed by atoms with E-state index in [4.69, 9.17) is 0 Å². The Kier molecular flexibility index (Phi) is 3.05. The summed E-state index contributed by atoms with van der Waals surface area (Å²) < 4.78 is 0. The van der Waals surface area contributed by atoms with Gasteiger partial charge in [0.15, 0.2) is 5.78 Å². The Bertz CT molecular complexity index is 362. The summed E-state index contributed by atoms with van der Waals surface area (Å²) in [5.74, 6) is 1.96. The normalized spacial score (nSPS) is 34.9. The van der Waals surface area contributed by atoms with Gasteiger partial charge < -0.3 is 0 Å². The van der Waals surface area contributed by atoms with Crippen LogP contribution in [0.15, 0.2) is 23.3 Å². The van der Waals surface area contributed by atoms with Gasteiger partial charge in [-0.25, -0.2) is 0 Å². The Morgan fingerprint density at radius 2 is 2.06 bits per heavy atom. The number of carbonyl (C=O) groups excluding carboxylic acids is 1. The van der Waals surface area contributed by atoms with Crippen molar-refractivity contribution < 1.29 is 4.79 Å². The topological polar surface area (TPSA) is 17.1 Å². The van der Waals surface area contributed by atoms with Gasteiger partial charge in [-0.05, 0) is 56.9 Å². The molecule has 3 atom stereocenters. The molecule has 0 heterocycles. The van der Waals surface area contributed by atoms with Gasteiger partial charge in [0, 0.05) is 5.92 Å². The van der Waals surface area contributed by atoms with E-state index in [1.54, 1.807) is 0 Å². The first kappa shape index (κ1) is 11.6. The third kappa shape index (κ3) is 1.88. The molecular formula is C15H22O. The summed E-state index contributed by atoms with van der Waals surface area (Å²) in [6.45, 7) is 10.3. The highest BCUT2D eigenvalue weighted by Crippen LogP contribution is 2.44. The van der Waals surface area contributed by atoms with Crippen molar-refractivity contribution in [3.63, 3.8) is 0 Å². The average Bonchev–Trinajstić information content (AvgIpc) is 2.25. The van der Waals surface area contributed by atoms with E-state index in [0.29, 0.717) is 17.6 Å². The Labute approximate surface area is 98.6 Å². The van der Waals surface area contributed by atoms with Gasteiger partial charge in [-0.2, -0.15) is 0 Å². The summed E-state index contributed by atoms with van der Waals surface area (Å²) >= 11 is 0. The number of carbonyl (C=O) groups is 1. The summed E-state index contributed by atoms with van der Waals surface area (Å²) in [7, 11) is 0. The molecule has 3 unspecified atom stereocenters. The standard InChI is InChI=1S/C15H22O/c1-9(2)12-5-6-14-11(4)15(16)10(3)7-13(14)8-12/h10,12-13H,1,5-8H2,2-4H3. The second kappa shape index (κ2) is 4.20. The smallest absolute Gasteiger partial charge is 0.161 e. The number of ketones is 1. The third-order valence-electron chi connectivity index (χ3n) is 4.46. The lowest BCUT2D eigenvalue weighted by Crippen LogP contribution is -2.30. The van der Waals surface area contributed by atoms with Crippen molar-refractivity contribution >= 4 is 5.78 Å². The molecule has 2 aliphatic carbocycles. The largest absolute Gasteiger partial charge is 0.294 e. The van der Waals surface area contributed by atoms with Crippen molar-refractivity contribution in [3.05, 3.63) is 23.3 Å². The maximum absolute atomic E-state index is 11.9. The van der Waals surface area contributed by atoms with E-state index in [1.165, 1.54) is 24.0 Å². The quantitative estimate of drug-likeness (QED) is 0.610. The molecule has 2 aliphatic rings. The van der Waals surface area contributed by atoms with Crippen molar-refractivity contribution in [3.8, 4) is 0 Å². The molecule has 0 radical (unpaired) electrons. The minimum atomic E-state index is 0.234. The van der Waals surface area contributed by atoms with Gasteiger partial charge in [-0.1, -0.05) is 24.6 Å². The Balaban J connectivity index is 2.23. The highest BCUT2D eigenvalue weighted by atomic mass is 16.1. The number of Topliss-reactive ketones (excluding diaryl/α,β-unsaturated/α-hetero) is 1. The molecule has 0 saturated heterocycles. The maximum Gasteiger partial charge on any atom is 0.161 e. The van der Waals surface area contributed by atoms with Gasteiger partial charge in [-0.15, -0.1) is 0 Å². The van der Waals surface area contributed by atoms with E-state index in [2.05, 4.69) is 20.4 Å². The van der Waals surface area contributed by atoms with Crippen LogP contribution >= 0.6 is 0 Å². The lowest BCUT2D eigenvalue weighted by molar-refractivity contribution is -0.120. The van der Waals surface area contributed by atoms with Crippen LogP contribution in [0.4, 0.5) is 0 Å². The van der Waals surface area contributed by atoms with Crippen LogP contribution in [0.2, 0.25) is 0 Å². The first-order valence-electron chi connectivity index (χ1n) is 6.40. The summed E-state index contributed by atoms with van der Waals surface area (Å²) in [5.41, 5.74) is 3.85. The molecule has 0 bridgehead atoms. The van der Waals surface area contributed by atoms with Crippen LogP contribution in [-0.2, 0) is 4.79 Å². The van der Waals surface area contributed by atoms with E-state index < -0.39 is 0 Å². The van der Waals surface area contributed by atoms with Gasteiger partial charge in [0.2, 0.25) is 0 Å². The molecule has 0 N–H and O–H groups in total. The fourth-order valence-electron chi connectivity index (χ4n) is 3.38. The first-order valence-corrected chi connectivity index (χ1v) is 6.40. The van der Waals surface area contributed by atoms with Crippen LogP contribution in [0.3, 0.4) is 0 Å². The van der Waals surface area contributed by atoms with Crippen molar-refractivity contribution in [2.45, 2.75) is 46.5 Å². The third-order valence-corrected chi connectivity index (χ3v) is 4.46. The van der Waals surface area contributed by atoms with Crippen molar-refractivity contribution in [2.75, 3.05) is 0 Å². The monoisotopic (exact) mass is 218 g/mol. The minimum absolute atomic E-state index is 0.234. The molecule has 0 aromatic rings. The van der Waals surface area contributed by atoms with Crippen LogP contribution in [-0.4, -0.2) is 5.78 Å². The summed E-state index contributed by atoms with van der Waals surface area (Å²) in [5, 5.41) is 0. The predicted octanol–water partition coefficient (Wildman–Crippen LogP) is 3.90. The molecule has 0 aliphatic heterocycles. The van der Waals surface area contributed by atoms with Gasteiger partial charge in [0.25, 0.3) is 0 Å². The van der Waals surface area contributed by atoms with E-state index in [9.17, 15) is 4.79 Å². The molecule has 1 heteroatoms. The molecule has 1 fully saturated rings. The maximum atomic E-state index is 11.9. The highest BCUT2D eigenvalue weighted by Gasteiger charge is 2.35. The fourth-order valence-corrected chi connectivity index (χ4v) is 3.38. The predicted molar refractivity (Wildman–Crippen MR) is 67.1 cm³/mol. The van der Waals surface area contributed by atoms with Crippen LogP contribution in [0.25, 0.3) is 0 Å². The second-order valence-electron chi connectivity index (χ2n) is 5.67. The zero-order chi connectivity index (χ0) is 11.9. The van der Waals surface area contributed by atoms with Gasteiger partial charge >= 0.3 is 0 Å². The Hall–Kier alpha value is -0.850. The zero-order valence-electron chi connectivity index (χ0n) is 10.7. The lowest BCUT2D eigenvalue weighted by Gasteiger charge is -2.37. The number of hydrogen-bond donors (Lipinski definition) is 0.